The van der Waals surface area contributed by atoms with E-state index < -0.39 is 37.1 Å². The van der Waals surface area contributed by atoms with E-state index in [2.05, 4.69) is 25.1 Å². The SMILES string of the molecule is Cc1ccc(Cc2cc(C3O[C@H](CO)[C@@H](O)[C@H](O)[C@H]3O)cc[c]2[RaH])s1. The Morgan fingerprint density at radius 3 is 2.48 bits per heavy atom. The van der Waals surface area contributed by atoms with Gasteiger partial charge in [-0.1, -0.05) is 0 Å². The molecule has 4 N–H and O–H groups in total. The molecule has 3 rings (SSSR count). The quantitative estimate of drug-likeness (QED) is 0.414. The summed E-state index contributed by atoms with van der Waals surface area (Å²) in [6.45, 7) is 1.68. The summed E-state index contributed by atoms with van der Waals surface area (Å²) in [5, 5.41) is 39.6. The van der Waals surface area contributed by atoms with Gasteiger partial charge in [-0.15, -0.1) is 0 Å². The number of aryl methyl sites for hydroxylation is 1. The maximum atomic E-state index is 10.3. The Morgan fingerprint density at radius 2 is 1.84 bits per heavy atom. The summed E-state index contributed by atoms with van der Waals surface area (Å²) in [6, 6.07) is 10.3. The first-order valence-electron chi connectivity index (χ1n) is 8.36. The molecule has 0 amide bonds. The van der Waals surface area contributed by atoms with Crippen molar-refractivity contribution < 1.29 is 68.0 Å². The van der Waals surface area contributed by atoms with Crippen LogP contribution in [0.15, 0.2) is 30.3 Å². The van der Waals surface area contributed by atoms with Gasteiger partial charge in [-0.05, 0) is 0 Å². The Bertz CT molecular complexity index is 732. The van der Waals surface area contributed by atoms with Crippen LogP contribution in [0.3, 0.4) is 0 Å². The first-order chi connectivity index (χ1) is 11.9. The van der Waals surface area contributed by atoms with E-state index in [-0.39, 0.29) is 42.8 Å². The summed E-state index contributed by atoms with van der Waals surface area (Å²) in [5.41, 5.74) is 1.99. The molecule has 1 aliphatic rings. The van der Waals surface area contributed by atoms with Gasteiger partial charge in [-0.3, -0.25) is 0 Å². The molecule has 1 aromatic carbocycles. The van der Waals surface area contributed by atoms with Crippen molar-refractivity contribution in [1.82, 2.24) is 0 Å². The standard InChI is InChI=1S/C18H21O5S.Ra.H/c1-10-5-6-13(24-10)8-11-3-2-4-12(7-11)18-17(22)16(21)15(20)14(9-19)23-18;;/h2,4-7,14-22H,8-9H2,1H3;;/t14-,15-,16+,17-,18?;;/m1../s1. The minimum absolute atomic E-state index is 0.176. The summed E-state index contributed by atoms with van der Waals surface area (Å²) in [7, 11) is 0. The van der Waals surface area contributed by atoms with E-state index in [4.69, 9.17) is 4.74 Å². The van der Waals surface area contributed by atoms with Gasteiger partial charge >= 0.3 is 182 Å². The number of hydrogen-bond donors (Lipinski definition) is 4. The van der Waals surface area contributed by atoms with Crippen LogP contribution in [0.1, 0.15) is 27.0 Å². The molecule has 25 heavy (non-hydrogen) atoms. The molecule has 0 saturated carbocycles. The third kappa shape index (κ3) is 4.37. The average Bonchev–Trinajstić information content (AvgIpc) is 3.00. The van der Waals surface area contributed by atoms with Crippen LogP contribution in [0.4, 0.5) is 0 Å². The Morgan fingerprint density at radius 1 is 1.08 bits per heavy atom. The van der Waals surface area contributed by atoms with Gasteiger partial charge in [0.2, 0.25) is 0 Å². The van der Waals surface area contributed by atoms with Gasteiger partial charge in [0.25, 0.3) is 0 Å². The number of thiophene rings is 1. The second kappa shape index (κ2) is 8.47. The zero-order chi connectivity index (χ0) is 18.1. The van der Waals surface area contributed by atoms with E-state index in [1.807, 2.05) is 12.1 Å². The Labute approximate surface area is 180 Å². The summed E-state index contributed by atoms with van der Waals surface area (Å²) in [5.74, 6) is 0. The third-order valence-corrected chi connectivity index (χ3v) is 9.76. The molecule has 1 fully saturated rings. The minimum atomic E-state index is -1.35. The van der Waals surface area contributed by atoms with Crippen molar-refractivity contribution in [3.05, 3.63) is 51.2 Å². The van der Waals surface area contributed by atoms with E-state index in [1.165, 1.54) is 15.9 Å². The van der Waals surface area contributed by atoms with E-state index in [1.54, 1.807) is 11.3 Å². The average molecular weight is 576 g/mol. The van der Waals surface area contributed by atoms with Gasteiger partial charge in [-0.2, -0.15) is 0 Å². The molecule has 2 heterocycles. The molecule has 1 unspecified atom stereocenters. The van der Waals surface area contributed by atoms with Crippen LogP contribution >= 0.6 is 11.3 Å². The zero-order valence-electron chi connectivity index (χ0n) is 14.3. The molecule has 0 spiro atoms. The van der Waals surface area contributed by atoms with Crippen LogP contribution in [-0.2, 0) is 11.2 Å². The maximum absolute atomic E-state index is 10.3. The van der Waals surface area contributed by atoms with Gasteiger partial charge in [0.1, 0.15) is 0 Å². The van der Waals surface area contributed by atoms with Crippen molar-refractivity contribution >= 4 is 11.9 Å². The molecule has 7 heteroatoms. The molecule has 0 aliphatic carbocycles. The molecule has 1 saturated heterocycles. The van der Waals surface area contributed by atoms with Crippen molar-refractivity contribution in [3.63, 3.8) is 0 Å². The normalized spacial score (nSPS) is 29.7. The van der Waals surface area contributed by atoms with E-state index in [0.29, 0.717) is 0 Å². The fourth-order valence-corrected chi connectivity index (χ4v) is 6.12. The number of ether oxygens (including phenoxy) is 1. The molecular weight excluding hydrogens is 554 g/mol. The fourth-order valence-electron chi connectivity index (χ4n) is 3.20. The molecule has 2 aromatic rings. The molecule has 0 radical (unpaired) electrons. The molecular formula is C18H22O5RaS. The van der Waals surface area contributed by atoms with E-state index in [0.717, 1.165) is 12.0 Å². The van der Waals surface area contributed by atoms with Crippen LogP contribution < -0.4 is 0.604 Å². The van der Waals surface area contributed by atoms with Crippen LogP contribution in [0.25, 0.3) is 0 Å². The van der Waals surface area contributed by atoms with Crippen molar-refractivity contribution in [2.24, 2.45) is 0 Å². The monoisotopic (exact) mass is 576 g/mol. The van der Waals surface area contributed by atoms with E-state index in [9.17, 15) is 20.4 Å². The van der Waals surface area contributed by atoms with Crippen LogP contribution in [0.5, 0.6) is 0 Å². The topological polar surface area (TPSA) is 90.2 Å². The third-order valence-electron chi connectivity index (χ3n) is 4.75. The Kier molecular flexibility index (Phi) is 6.75. The van der Waals surface area contributed by atoms with Gasteiger partial charge in [-0.25, -0.2) is 0 Å². The summed E-state index contributed by atoms with van der Waals surface area (Å²) in [4.78, 5) is 2.57. The Balaban J connectivity index is 1.88. The van der Waals surface area contributed by atoms with Crippen molar-refractivity contribution in [3.8, 4) is 0 Å². The predicted molar refractivity (Wildman–Crippen MR) is 92.1 cm³/mol. The van der Waals surface area contributed by atoms with Crippen LogP contribution in [0.2, 0.25) is 0 Å². The van der Waals surface area contributed by atoms with Crippen molar-refractivity contribution in [1.29, 1.82) is 0 Å². The summed E-state index contributed by atoms with van der Waals surface area (Å²) < 4.78 is 7.05. The number of benzene rings is 1. The van der Waals surface area contributed by atoms with Gasteiger partial charge < -0.3 is 0 Å². The Hall–Kier alpha value is 0.188. The fraction of sp³-hybridized carbons (Fsp3) is 0.444. The van der Waals surface area contributed by atoms with Gasteiger partial charge in [0.05, 0.1) is 0 Å². The first-order valence-corrected chi connectivity index (χ1v) is 13.3. The molecule has 1 aliphatic heterocycles. The summed E-state index contributed by atoms with van der Waals surface area (Å²) in [6.07, 6.45) is -4.71. The molecule has 1 aromatic heterocycles. The summed E-state index contributed by atoms with van der Waals surface area (Å²) >= 11 is 1.95. The number of rotatable bonds is 4. The zero-order valence-corrected chi connectivity index (χ0v) is 23.3. The van der Waals surface area contributed by atoms with Crippen molar-refractivity contribution in [2.45, 2.75) is 43.9 Å². The first kappa shape index (κ1) is 19.9. The van der Waals surface area contributed by atoms with Crippen LogP contribution in [0, 0.1) is 49.7 Å². The molecule has 132 valence electrons. The molecule has 0 bridgehead atoms. The predicted octanol–water partition coefficient (Wildman–Crippen LogP) is 0.0691. The second-order valence-corrected chi connectivity index (χ2v) is 12.4. The molecule has 5 nitrogen and oxygen atoms in total. The number of aliphatic hydroxyl groups excluding tert-OH is 4. The number of aliphatic hydroxyl groups is 4. The second-order valence-electron chi connectivity index (χ2n) is 6.62. The van der Waals surface area contributed by atoms with Gasteiger partial charge in [0, 0.05) is 0 Å². The molecule has 5 atom stereocenters. The van der Waals surface area contributed by atoms with Crippen LogP contribution in [-0.4, -0.2) is 51.4 Å². The van der Waals surface area contributed by atoms with E-state index >= 15 is 0 Å². The number of hydrogen-bond acceptors (Lipinski definition) is 6. The van der Waals surface area contributed by atoms with Crippen molar-refractivity contribution in [2.75, 3.05) is 6.61 Å². The van der Waals surface area contributed by atoms with Gasteiger partial charge in [0.15, 0.2) is 0 Å².